The molecule has 2 aromatic carbocycles. The number of nitrogens with one attached hydrogen (secondary N) is 1. The second kappa shape index (κ2) is 15.6. The maximum atomic E-state index is 13.7. The molecule has 1 N–H and O–H groups in total. The lowest BCUT2D eigenvalue weighted by molar-refractivity contribution is 0.0283. The van der Waals surface area contributed by atoms with E-state index in [0.29, 0.717) is 39.4 Å². The van der Waals surface area contributed by atoms with Gasteiger partial charge in [-0.05, 0) is 79.5 Å². The van der Waals surface area contributed by atoms with E-state index in [2.05, 4.69) is 15.1 Å². The number of nitrogens with zero attached hydrogens (tertiary/aromatic N) is 5. The molecule has 5 rings (SSSR count). The molecule has 14 heteroatoms. The van der Waals surface area contributed by atoms with Crippen molar-refractivity contribution >= 4 is 24.1 Å². The summed E-state index contributed by atoms with van der Waals surface area (Å²) in [6, 6.07) is 19.8. The normalized spacial score (nSPS) is 11.8. The Balaban J connectivity index is 1.59. The average molecular weight is 751 g/mol. The smallest absolute Gasteiger partial charge is 0.425 e. The zero-order valence-electron chi connectivity index (χ0n) is 32.7. The minimum Gasteiger partial charge on any atom is -0.444 e. The summed E-state index contributed by atoms with van der Waals surface area (Å²) in [4.78, 5) is 67.1. The fourth-order valence-electron chi connectivity index (χ4n) is 5.16. The number of rotatable bonds is 7. The van der Waals surface area contributed by atoms with Gasteiger partial charge >= 0.3 is 18.3 Å². The monoisotopic (exact) mass is 750 g/mol. The predicted molar refractivity (Wildman–Crippen MR) is 207 cm³/mol. The number of carbonyl (C=O) groups excluding carboxylic acids is 3. The molecule has 0 saturated heterocycles. The Hall–Kier alpha value is -6.31. The number of hydrogen-bond donors (Lipinski definition) is 1. The highest BCUT2D eigenvalue weighted by atomic mass is 16.6. The number of amides is 3. The van der Waals surface area contributed by atoms with Crippen molar-refractivity contribution in [3.63, 3.8) is 0 Å². The van der Waals surface area contributed by atoms with Crippen LogP contribution in [0.2, 0.25) is 0 Å². The van der Waals surface area contributed by atoms with Crippen molar-refractivity contribution in [2.24, 2.45) is 0 Å². The highest BCUT2D eigenvalue weighted by Gasteiger charge is 2.37. The van der Waals surface area contributed by atoms with Crippen molar-refractivity contribution in [3.05, 3.63) is 95.0 Å². The van der Waals surface area contributed by atoms with Gasteiger partial charge in [0.2, 0.25) is 0 Å². The number of pyridine rings is 1. The van der Waals surface area contributed by atoms with E-state index < -0.39 is 35.1 Å². The van der Waals surface area contributed by atoms with Crippen molar-refractivity contribution in [1.82, 2.24) is 25.0 Å². The van der Waals surface area contributed by atoms with Gasteiger partial charge in [0.1, 0.15) is 22.5 Å². The Morgan fingerprint density at radius 2 is 1.31 bits per heavy atom. The third-order valence-corrected chi connectivity index (χ3v) is 7.52. The molecule has 288 valence electrons. The Bertz CT molecular complexity index is 2200. The van der Waals surface area contributed by atoms with E-state index in [1.54, 1.807) is 60.7 Å². The molecule has 0 fully saturated rings. The Kier molecular flexibility index (Phi) is 11.3. The van der Waals surface area contributed by atoms with Crippen molar-refractivity contribution in [1.29, 1.82) is 0 Å². The van der Waals surface area contributed by atoms with Crippen molar-refractivity contribution in [3.8, 4) is 45.1 Å². The maximum Gasteiger partial charge on any atom is 0.425 e. The van der Waals surface area contributed by atoms with Crippen LogP contribution in [-0.2, 0) is 20.8 Å². The highest BCUT2D eigenvalue weighted by molar-refractivity contribution is 6.10. The number of hydrogen-bond acceptors (Lipinski definition) is 11. The van der Waals surface area contributed by atoms with E-state index in [9.17, 15) is 19.2 Å². The second-order valence-corrected chi connectivity index (χ2v) is 15.8. The number of H-pyrrole nitrogens is 1. The van der Waals surface area contributed by atoms with E-state index in [4.69, 9.17) is 23.7 Å². The van der Waals surface area contributed by atoms with Crippen molar-refractivity contribution < 1.29 is 33.1 Å². The van der Waals surface area contributed by atoms with Gasteiger partial charge < -0.3 is 28.6 Å². The molecule has 14 nitrogen and oxygen atoms in total. The van der Waals surface area contributed by atoms with Gasteiger partial charge in [-0.2, -0.15) is 4.90 Å². The molecular weight excluding hydrogens is 704 g/mol. The predicted octanol–water partition coefficient (Wildman–Crippen LogP) is 8.86. The zero-order chi connectivity index (χ0) is 40.3. The summed E-state index contributed by atoms with van der Waals surface area (Å²) in [7, 11) is 1.66. The first kappa shape index (κ1) is 39.9. The fraction of sp³-hybridized carbons (Fsp3) is 0.341. The van der Waals surface area contributed by atoms with Crippen LogP contribution in [0.25, 0.3) is 45.1 Å². The van der Waals surface area contributed by atoms with Gasteiger partial charge in [0.05, 0.1) is 11.9 Å². The van der Waals surface area contributed by atoms with Gasteiger partial charge in [-0.1, -0.05) is 59.8 Å². The molecule has 0 atom stereocenters. The molecule has 0 saturated carbocycles. The molecule has 3 amide bonds. The van der Waals surface area contributed by atoms with Crippen LogP contribution in [0, 0.1) is 0 Å². The summed E-state index contributed by atoms with van der Waals surface area (Å²) in [6.45, 7) is 15.7. The van der Waals surface area contributed by atoms with Crippen LogP contribution in [0.4, 0.5) is 20.2 Å². The first-order valence-electron chi connectivity index (χ1n) is 17.6. The van der Waals surface area contributed by atoms with E-state index in [1.807, 2.05) is 75.4 Å². The summed E-state index contributed by atoms with van der Waals surface area (Å²) in [5.74, 6) is -0.166. The first-order chi connectivity index (χ1) is 25.7. The van der Waals surface area contributed by atoms with Crippen LogP contribution >= 0.6 is 0 Å². The topological polar surface area (TPSA) is 170 Å². The summed E-state index contributed by atoms with van der Waals surface area (Å²) in [6.07, 6.45) is 0.323. The van der Waals surface area contributed by atoms with Gasteiger partial charge in [0.15, 0.2) is 17.3 Å². The van der Waals surface area contributed by atoms with E-state index in [1.165, 1.54) is 17.3 Å². The van der Waals surface area contributed by atoms with Crippen LogP contribution in [0.1, 0.15) is 67.9 Å². The van der Waals surface area contributed by atoms with Crippen LogP contribution in [0.15, 0.2) is 88.4 Å². The zero-order valence-corrected chi connectivity index (χ0v) is 32.7. The number of benzene rings is 2. The van der Waals surface area contributed by atoms with Crippen molar-refractivity contribution in [2.75, 3.05) is 11.9 Å². The minimum absolute atomic E-state index is 0.0314. The lowest BCUT2D eigenvalue weighted by Crippen LogP contribution is -2.44. The lowest BCUT2D eigenvalue weighted by Gasteiger charge is -2.28. The number of ether oxygens (including phenoxy) is 3. The molecule has 3 aromatic heterocycles. The Morgan fingerprint density at radius 1 is 0.727 bits per heavy atom. The third-order valence-electron chi connectivity index (χ3n) is 7.52. The van der Waals surface area contributed by atoms with Crippen LogP contribution in [0.3, 0.4) is 0 Å². The van der Waals surface area contributed by atoms with E-state index in [0.717, 1.165) is 5.56 Å². The summed E-state index contributed by atoms with van der Waals surface area (Å²) >= 11 is 0. The quantitative estimate of drug-likeness (QED) is 0.158. The molecule has 0 aliphatic carbocycles. The van der Waals surface area contributed by atoms with Gasteiger partial charge in [0, 0.05) is 42.5 Å². The largest absolute Gasteiger partial charge is 0.444 e. The van der Waals surface area contributed by atoms with Crippen molar-refractivity contribution in [2.45, 2.75) is 85.7 Å². The molecule has 5 aromatic rings. The molecule has 0 radical (unpaired) electrons. The van der Waals surface area contributed by atoms with Gasteiger partial charge in [-0.15, -0.1) is 0 Å². The molecular formula is C41H46N6O8. The third kappa shape index (κ3) is 10.4. The lowest BCUT2D eigenvalue weighted by atomic mass is 10.0. The van der Waals surface area contributed by atoms with Gasteiger partial charge in [-0.3, -0.25) is 4.79 Å². The van der Waals surface area contributed by atoms with Gasteiger partial charge in [0.25, 0.3) is 5.56 Å². The maximum absolute atomic E-state index is 13.7. The molecule has 0 unspecified atom stereocenters. The molecule has 0 aliphatic heterocycles. The minimum atomic E-state index is -1.05. The fourth-order valence-corrected chi connectivity index (χ4v) is 5.16. The molecule has 3 heterocycles. The number of aromatic nitrogens is 4. The SMILES string of the molecule is CN(Cc1ccc(-c2cc(-c3nc(-c4c[nH]c(=O)c(-c5ccccc5)c4)cnc3N(C(=O)OC(C)(C)C)C(=O)OC(C)(C)C)on2)cc1)C(=O)OC(C)(C)C. The van der Waals surface area contributed by atoms with Crippen LogP contribution < -0.4 is 10.5 Å². The number of imide groups is 1. The standard InChI is InChI=1S/C41H46N6O8/c1-39(2,3)52-36(49)46(10)24-25-16-18-27(19-17-25)30-21-32(55-45-30)33-34(47(37(50)53-40(4,5)6)38(51)54-41(7,8)9)42-23-31(44-33)28-20-29(35(48)43-22-28)26-14-12-11-13-15-26/h11-23H,24H2,1-10H3,(H,43,48). The van der Waals surface area contributed by atoms with Crippen LogP contribution in [0.5, 0.6) is 0 Å². The second-order valence-electron chi connectivity index (χ2n) is 15.8. The molecule has 0 aliphatic rings. The highest BCUT2D eigenvalue weighted by Crippen LogP contribution is 2.35. The summed E-state index contributed by atoms with van der Waals surface area (Å²) in [5.41, 5.74) is 0.891. The molecule has 0 bridgehead atoms. The summed E-state index contributed by atoms with van der Waals surface area (Å²) in [5, 5.41) is 4.27. The van der Waals surface area contributed by atoms with Crippen LogP contribution in [-0.4, -0.2) is 67.1 Å². The average Bonchev–Trinajstić information content (AvgIpc) is 3.57. The first-order valence-corrected chi connectivity index (χ1v) is 17.6. The molecule has 55 heavy (non-hydrogen) atoms. The number of anilines is 1. The van der Waals surface area contributed by atoms with E-state index in [-0.39, 0.29) is 28.5 Å². The number of carbonyl (C=O) groups is 3. The Morgan fingerprint density at radius 3 is 1.89 bits per heavy atom. The van der Waals surface area contributed by atoms with Gasteiger partial charge in [-0.25, -0.2) is 24.4 Å². The Labute approximate surface area is 319 Å². The van der Waals surface area contributed by atoms with E-state index >= 15 is 0 Å². The summed E-state index contributed by atoms with van der Waals surface area (Å²) < 4.78 is 22.5. The molecule has 0 spiro atoms. The number of aromatic amines is 1.